The average molecular weight is 442 g/mol. The molecule has 1 N–H and O–H groups in total. The van der Waals surface area contributed by atoms with Crippen LogP contribution in [0.1, 0.15) is 44.7 Å². The number of carbonyl (C=O) groups is 2. The molecular formula is C23H27N3O4S. The maximum Gasteiger partial charge on any atom is 0.338 e. The lowest BCUT2D eigenvalue weighted by Gasteiger charge is -2.36. The standard InChI is InChI=1S/C23H27N3O4S/c1-4-30-22(28)20-14(2)25-23-26(21(20)17-7-5-6-8-18(17)29-3)16(13-31-23)11-19(27)24-12-15-9-10-15/h5-8,13,15,21H,4,9-12H2,1-3H3,(H,24,27)/t21-/m0/s1. The van der Waals surface area contributed by atoms with E-state index in [-0.39, 0.29) is 18.9 Å². The van der Waals surface area contributed by atoms with Crippen LogP contribution in [0, 0.1) is 5.92 Å². The van der Waals surface area contributed by atoms with Crippen LogP contribution in [0.3, 0.4) is 0 Å². The number of fused-ring (bicyclic) bond motifs is 1. The fourth-order valence-electron chi connectivity index (χ4n) is 3.83. The van der Waals surface area contributed by atoms with Gasteiger partial charge in [-0.2, -0.15) is 0 Å². The molecule has 1 saturated carbocycles. The summed E-state index contributed by atoms with van der Waals surface area (Å²) in [4.78, 5) is 32.2. The normalized spacial score (nSPS) is 20.1. The zero-order valence-corrected chi connectivity index (χ0v) is 18.8. The number of benzene rings is 1. The van der Waals surface area contributed by atoms with Crippen molar-refractivity contribution < 1.29 is 19.1 Å². The number of esters is 1. The van der Waals surface area contributed by atoms with Gasteiger partial charge in [0.05, 0.1) is 37.4 Å². The number of aliphatic imine (C=N–C) groups is 1. The number of nitrogens with zero attached hydrogens (tertiary/aromatic N) is 2. The molecule has 8 heteroatoms. The second-order valence-corrected chi connectivity index (χ2v) is 8.62. The van der Waals surface area contributed by atoms with E-state index in [1.54, 1.807) is 14.0 Å². The van der Waals surface area contributed by atoms with E-state index < -0.39 is 12.0 Å². The average Bonchev–Trinajstić information content (AvgIpc) is 3.52. The highest BCUT2D eigenvalue weighted by molar-refractivity contribution is 8.16. The number of ether oxygens (including phenoxy) is 2. The topological polar surface area (TPSA) is 80.2 Å². The van der Waals surface area contributed by atoms with Crippen molar-refractivity contribution in [3.63, 3.8) is 0 Å². The Morgan fingerprint density at radius 2 is 2.06 bits per heavy atom. The second kappa shape index (κ2) is 9.18. The first-order valence-corrected chi connectivity index (χ1v) is 11.4. The summed E-state index contributed by atoms with van der Waals surface area (Å²) in [5.41, 5.74) is 2.71. The molecule has 0 radical (unpaired) electrons. The van der Waals surface area contributed by atoms with Gasteiger partial charge in [-0.15, -0.1) is 0 Å². The molecule has 2 heterocycles. The minimum absolute atomic E-state index is 0.0252. The second-order valence-electron chi connectivity index (χ2n) is 7.78. The Kier molecular flexibility index (Phi) is 6.36. The summed E-state index contributed by atoms with van der Waals surface area (Å²) in [6, 6.07) is 7.12. The third-order valence-corrected chi connectivity index (χ3v) is 6.44. The molecule has 0 saturated heterocycles. The summed E-state index contributed by atoms with van der Waals surface area (Å²) < 4.78 is 11.0. The van der Waals surface area contributed by atoms with Crippen molar-refractivity contribution in [1.29, 1.82) is 0 Å². The van der Waals surface area contributed by atoms with E-state index >= 15 is 0 Å². The van der Waals surface area contributed by atoms with Gasteiger partial charge in [0.1, 0.15) is 5.75 Å². The van der Waals surface area contributed by atoms with Crippen LogP contribution >= 0.6 is 11.8 Å². The molecule has 0 spiro atoms. The predicted molar refractivity (Wildman–Crippen MR) is 120 cm³/mol. The molecule has 4 rings (SSSR count). The molecule has 1 aromatic carbocycles. The van der Waals surface area contributed by atoms with E-state index in [0.717, 1.165) is 23.0 Å². The number of methoxy groups -OCH3 is 1. The van der Waals surface area contributed by atoms with Gasteiger partial charge in [0.15, 0.2) is 5.17 Å². The first-order chi connectivity index (χ1) is 15.0. The Labute approximate surface area is 186 Å². The number of carbonyl (C=O) groups excluding carboxylic acids is 2. The molecule has 7 nitrogen and oxygen atoms in total. The number of hydrogen-bond acceptors (Lipinski definition) is 7. The molecule has 2 aliphatic heterocycles. The molecule has 1 aromatic rings. The number of amidine groups is 1. The summed E-state index contributed by atoms with van der Waals surface area (Å²) in [5, 5.41) is 5.71. The smallest absolute Gasteiger partial charge is 0.338 e. The summed E-state index contributed by atoms with van der Waals surface area (Å²) in [5.74, 6) is 0.846. The monoisotopic (exact) mass is 441 g/mol. The fourth-order valence-corrected chi connectivity index (χ4v) is 4.80. The van der Waals surface area contributed by atoms with Crippen molar-refractivity contribution in [3.8, 4) is 5.75 Å². The quantitative estimate of drug-likeness (QED) is 0.619. The van der Waals surface area contributed by atoms with E-state index in [0.29, 0.717) is 22.9 Å². The largest absolute Gasteiger partial charge is 0.496 e. The fraction of sp³-hybridized carbons (Fsp3) is 0.435. The molecule has 31 heavy (non-hydrogen) atoms. The zero-order valence-electron chi connectivity index (χ0n) is 18.0. The molecule has 1 atom stereocenters. The van der Waals surface area contributed by atoms with Crippen LogP contribution in [0.25, 0.3) is 0 Å². The molecule has 0 bridgehead atoms. The minimum atomic E-state index is -0.486. The number of amides is 1. The van der Waals surface area contributed by atoms with Gasteiger partial charge in [0.25, 0.3) is 0 Å². The maximum absolute atomic E-state index is 13.0. The Morgan fingerprint density at radius 1 is 1.29 bits per heavy atom. The van der Waals surface area contributed by atoms with E-state index in [1.165, 1.54) is 24.6 Å². The molecule has 1 amide bonds. The Morgan fingerprint density at radius 3 is 2.77 bits per heavy atom. The van der Waals surface area contributed by atoms with Gasteiger partial charge in [0, 0.05) is 17.8 Å². The third kappa shape index (κ3) is 4.49. The van der Waals surface area contributed by atoms with Crippen LogP contribution < -0.4 is 10.1 Å². The number of hydrogen-bond donors (Lipinski definition) is 1. The van der Waals surface area contributed by atoms with Gasteiger partial charge >= 0.3 is 5.97 Å². The first kappa shape index (κ1) is 21.5. The van der Waals surface area contributed by atoms with Gasteiger partial charge in [-0.1, -0.05) is 30.0 Å². The number of nitrogens with one attached hydrogen (secondary N) is 1. The number of allylic oxidation sites excluding steroid dienone is 1. The van der Waals surface area contributed by atoms with Crippen molar-refractivity contribution in [3.05, 3.63) is 52.2 Å². The zero-order chi connectivity index (χ0) is 22.0. The summed E-state index contributed by atoms with van der Waals surface area (Å²) in [6.45, 7) is 4.60. The van der Waals surface area contributed by atoms with Crippen molar-refractivity contribution in [2.45, 2.75) is 39.2 Å². The number of rotatable bonds is 8. The van der Waals surface area contributed by atoms with Gasteiger partial charge in [-0.05, 0) is 44.1 Å². The van der Waals surface area contributed by atoms with Crippen LogP contribution in [0.2, 0.25) is 0 Å². The lowest BCUT2D eigenvalue weighted by Crippen LogP contribution is -2.38. The SMILES string of the molecule is CCOC(=O)C1=C(C)N=C2SC=C(CC(=O)NCC3CC3)N2[C@H]1c1ccccc1OC. The Bertz CT molecular complexity index is 981. The van der Waals surface area contributed by atoms with Gasteiger partial charge in [0.2, 0.25) is 5.91 Å². The summed E-state index contributed by atoms with van der Waals surface area (Å²) in [6.07, 6.45) is 2.59. The van der Waals surface area contributed by atoms with E-state index in [2.05, 4.69) is 10.3 Å². The molecule has 1 aliphatic carbocycles. The molecular weight excluding hydrogens is 414 g/mol. The van der Waals surface area contributed by atoms with Gasteiger partial charge in [-0.25, -0.2) is 9.79 Å². The Hall–Kier alpha value is -2.74. The van der Waals surface area contributed by atoms with E-state index in [1.807, 2.05) is 41.5 Å². The van der Waals surface area contributed by atoms with E-state index in [9.17, 15) is 9.59 Å². The van der Waals surface area contributed by atoms with Crippen LogP contribution in [0.4, 0.5) is 0 Å². The molecule has 1 fully saturated rings. The molecule has 164 valence electrons. The summed E-state index contributed by atoms with van der Waals surface area (Å²) in [7, 11) is 1.61. The highest BCUT2D eigenvalue weighted by Crippen LogP contribution is 2.46. The minimum Gasteiger partial charge on any atom is -0.496 e. The van der Waals surface area contributed by atoms with E-state index in [4.69, 9.17) is 9.47 Å². The van der Waals surface area contributed by atoms with Crippen LogP contribution in [0.5, 0.6) is 5.75 Å². The predicted octanol–water partition coefficient (Wildman–Crippen LogP) is 3.75. The van der Waals surface area contributed by atoms with Crippen molar-refractivity contribution >= 4 is 28.8 Å². The molecule has 3 aliphatic rings. The molecule has 0 unspecified atom stereocenters. The third-order valence-electron chi connectivity index (χ3n) is 5.56. The Balaban J connectivity index is 1.70. The number of thioether (sulfide) groups is 1. The summed E-state index contributed by atoms with van der Waals surface area (Å²) >= 11 is 1.46. The van der Waals surface area contributed by atoms with Crippen LogP contribution in [-0.2, 0) is 14.3 Å². The number of para-hydroxylation sites is 1. The van der Waals surface area contributed by atoms with Crippen molar-refractivity contribution in [2.75, 3.05) is 20.3 Å². The van der Waals surface area contributed by atoms with Gasteiger partial charge in [-0.3, -0.25) is 4.79 Å². The van der Waals surface area contributed by atoms with Crippen LogP contribution in [0.15, 0.2) is 51.6 Å². The van der Waals surface area contributed by atoms with Crippen LogP contribution in [-0.4, -0.2) is 42.2 Å². The van der Waals surface area contributed by atoms with Gasteiger partial charge < -0.3 is 19.7 Å². The highest BCUT2D eigenvalue weighted by Gasteiger charge is 2.42. The first-order valence-electron chi connectivity index (χ1n) is 10.5. The lowest BCUT2D eigenvalue weighted by molar-refractivity contribution is -0.139. The van der Waals surface area contributed by atoms with Crippen molar-refractivity contribution in [1.82, 2.24) is 10.2 Å². The lowest BCUT2D eigenvalue weighted by atomic mass is 9.93. The van der Waals surface area contributed by atoms with Crippen molar-refractivity contribution in [2.24, 2.45) is 10.9 Å². The highest BCUT2D eigenvalue weighted by atomic mass is 32.2. The molecule has 0 aromatic heterocycles. The maximum atomic E-state index is 13.0.